The number of halogens is 5. The predicted octanol–water partition coefficient (Wildman–Crippen LogP) is 2.94. The van der Waals surface area contributed by atoms with E-state index in [4.69, 9.17) is 5.73 Å². The first kappa shape index (κ1) is 16.2. The molecule has 1 aliphatic rings. The molecule has 21 heavy (non-hydrogen) atoms. The summed E-state index contributed by atoms with van der Waals surface area (Å²) in [4.78, 5) is 1.69. The van der Waals surface area contributed by atoms with Crippen LogP contribution in [0, 0.1) is 35.0 Å². The Morgan fingerprint density at radius 1 is 1.00 bits per heavy atom. The number of piperidine rings is 1. The van der Waals surface area contributed by atoms with E-state index in [1.165, 1.54) is 0 Å². The van der Waals surface area contributed by atoms with Crippen LogP contribution in [0.3, 0.4) is 0 Å². The Balaban J connectivity index is 2.35. The van der Waals surface area contributed by atoms with E-state index >= 15 is 0 Å². The second-order valence-electron chi connectivity index (χ2n) is 5.44. The first-order chi connectivity index (χ1) is 9.88. The highest BCUT2D eigenvalue weighted by molar-refractivity contribution is 5.24. The van der Waals surface area contributed by atoms with Crippen LogP contribution in [-0.4, -0.2) is 24.0 Å². The number of nitrogens with zero attached hydrogens (tertiary/aromatic N) is 1. The maximum atomic E-state index is 13.7. The number of hydrogen-bond acceptors (Lipinski definition) is 2. The molecule has 1 aromatic rings. The summed E-state index contributed by atoms with van der Waals surface area (Å²) in [5, 5.41) is 0. The van der Waals surface area contributed by atoms with Crippen molar-refractivity contribution in [3.8, 4) is 0 Å². The quantitative estimate of drug-likeness (QED) is 0.528. The molecule has 1 heterocycles. The summed E-state index contributed by atoms with van der Waals surface area (Å²) >= 11 is 0. The minimum Gasteiger partial charge on any atom is -0.329 e. The lowest BCUT2D eigenvalue weighted by Crippen LogP contribution is -2.48. The van der Waals surface area contributed by atoms with Crippen LogP contribution in [-0.2, 0) is 6.54 Å². The Morgan fingerprint density at radius 3 is 2.05 bits per heavy atom. The molecule has 0 aromatic heterocycles. The Morgan fingerprint density at radius 2 is 1.52 bits per heavy atom. The van der Waals surface area contributed by atoms with Gasteiger partial charge in [0.1, 0.15) is 0 Å². The second-order valence-corrected chi connectivity index (χ2v) is 5.44. The summed E-state index contributed by atoms with van der Waals surface area (Å²) in [6.45, 7) is 2.42. The molecular formula is C14H17F5N2. The summed E-state index contributed by atoms with van der Waals surface area (Å²) < 4.78 is 66.9. The fraction of sp³-hybridized carbons (Fsp3) is 0.571. The van der Waals surface area contributed by atoms with Crippen molar-refractivity contribution in [2.24, 2.45) is 11.7 Å². The van der Waals surface area contributed by atoms with Crippen LogP contribution in [0.1, 0.15) is 25.3 Å². The van der Waals surface area contributed by atoms with E-state index in [1.807, 2.05) is 6.92 Å². The van der Waals surface area contributed by atoms with Gasteiger partial charge >= 0.3 is 0 Å². The van der Waals surface area contributed by atoms with E-state index in [0.717, 1.165) is 12.8 Å². The molecule has 118 valence electrons. The Labute approximate surface area is 119 Å². The van der Waals surface area contributed by atoms with Crippen LogP contribution in [0.5, 0.6) is 0 Å². The highest BCUT2D eigenvalue weighted by atomic mass is 19.2. The molecule has 1 aliphatic heterocycles. The highest BCUT2D eigenvalue weighted by Crippen LogP contribution is 2.28. The van der Waals surface area contributed by atoms with Gasteiger partial charge in [0.15, 0.2) is 23.3 Å². The number of nitrogens with two attached hydrogens (primary N) is 1. The summed E-state index contributed by atoms with van der Waals surface area (Å²) in [6.07, 6.45) is 1.72. The van der Waals surface area contributed by atoms with Crippen LogP contribution in [0.25, 0.3) is 0 Å². The largest absolute Gasteiger partial charge is 0.329 e. The van der Waals surface area contributed by atoms with Crippen molar-refractivity contribution in [1.82, 2.24) is 4.90 Å². The van der Waals surface area contributed by atoms with Crippen molar-refractivity contribution in [1.29, 1.82) is 0 Å². The second kappa shape index (κ2) is 6.27. The molecule has 0 bridgehead atoms. The molecule has 0 amide bonds. The molecule has 1 aromatic carbocycles. The van der Waals surface area contributed by atoms with E-state index in [1.54, 1.807) is 4.90 Å². The Bertz CT molecular complexity index is 506. The SMILES string of the molecule is CC1CCCN(Cc2c(F)c(F)c(F)c(F)c2F)C1CN. The molecule has 1 saturated heterocycles. The first-order valence-electron chi connectivity index (χ1n) is 6.82. The van der Waals surface area contributed by atoms with Crippen molar-refractivity contribution in [3.05, 3.63) is 34.6 Å². The van der Waals surface area contributed by atoms with Gasteiger partial charge in [-0.1, -0.05) is 6.92 Å². The topological polar surface area (TPSA) is 29.3 Å². The van der Waals surface area contributed by atoms with Crippen molar-refractivity contribution in [2.45, 2.75) is 32.4 Å². The minimum absolute atomic E-state index is 0.131. The third kappa shape index (κ3) is 2.89. The van der Waals surface area contributed by atoms with Crippen molar-refractivity contribution >= 4 is 0 Å². The van der Waals surface area contributed by atoms with Gasteiger partial charge in [-0.25, -0.2) is 22.0 Å². The molecule has 2 atom stereocenters. The van der Waals surface area contributed by atoms with Crippen LogP contribution < -0.4 is 5.73 Å². The summed E-state index contributed by atoms with van der Waals surface area (Å²) in [5.74, 6) is -9.25. The molecule has 7 heteroatoms. The molecule has 2 rings (SSSR count). The highest BCUT2D eigenvalue weighted by Gasteiger charge is 2.31. The van der Waals surface area contributed by atoms with Crippen LogP contribution in [0.2, 0.25) is 0 Å². The molecule has 2 N–H and O–H groups in total. The van der Waals surface area contributed by atoms with Gasteiger partial charge < -0.3 is 5.73 Å². The van der Waals surface area contributed by atoms with E-state index < -0.39 is 34.6 Å². The van der Waals surface area contributed by atoms with E-state index in [9.17, 15) is 22.0 Å². The van der Waals surface area contributed by atoms with Gasteiger partial charge in [0.2, 0.25) is 5.82 Å². The molecule has 0 aliphatic carbocycles. The Kier molecular flexibility index (Phi) is 4.83. The number of likely N-dealkylation sites (tertiary alicyclic amines) is 1. The van der Waals surface area contributed by atoms with Gasteiger partial charge in [-0.2, -0.15) is 0 Å². The zero-order valence-electron chi connectivity index (χ0n) is 11.6. The molecular weight excluding hydrogens is 291 g/mol. The number of hydrogen-bond donors (Lipinski definition) is 1. The fourth-order valence-electron chi connectivity index (χ4n) is 2.90. The first-order valence-corrected chi connectivity index (χ1v) is 6.82. The van der Waals surface area contributed by atoms with Gasteiger partial charge in [-0.15, -0.1) is 0 Å². The van der Waals surface area contributed by atoms with Gasteiger partial charge in [0, 0.05) is 24.7 Å². The van der Waals surface area contributed by atoms with Crippen molar-refractivity contribution in [2.75, 3.05) is 13.1 Å². The monoisotopic (exact) mass is 308 g/mol. The number of benzene rings is 1. The average molecular weight is 308 g/mol. The number of rotatable bonds is 3. The molecule has 0 spiro atoms. The third-order valence-corrected chi connectivity index (χ3v) is 4.13. The van der Waals surface area contributed by atoms with E-state index in [2.05, 4.69) is 0 Å². The van der Waals surface area contributed by atoms with Crippen molar-refractivity contribution in [3.63, 3.8) is 0 Å². The maximum Gasteiger partial charge on any atom is 0.200 e. The van der Waals surface area contributed by atoms with Gasteiger partial charge in [0.05, 0.1) is 0 Å². The van der Waals surface area contributed by atoms with Gasteiger partial charge in [0.25, 0.3) is 0 Å². The van der Waals surface area contributed by atoms with E-state index in [0.29, 0.717) is 6.54 Å². The van der Waals surface area contributed by atoms with Crippen LogP contribution >= 0.6 is 0 Å². The summed E-state index contributed by atoms with van der Waals surface area (Å²) in [7, 11) is 0. The molecule has 2 nitrogen and oxygen atoms in total. The summed E-state index contributed by atoms with van der Waals surface area (Å²) in [6, 6.07) is -0.131. The van der Waals surface area contributed by atoms with Gasteiger partial charge in [-0.3, -0.25) is 4.90 Å². The lowest BCUT2D eigenvalue weighted by molar-refractivity contribution is 0.0957. The molecule has 0 radical (unpaired) electrons. The fourth-order valence-corrected chi connectivity index (χ4v) is 2.90. The maximum absolute atomic E-state index is 13.7. The standard InChI is InChI=1S/C14H17F5N2/c1-7-3-2-4-21(9(7)5-20)6-8-10(15)12(17)14(19)13(18)11(8)16/h7,9H,2-6,20H2,1H3. The molecule has 2 unspecified atom stereocenters. The molecule has 0 saturated carbocycles. The Hall–Kier alpha value is -1.21. The normalized spacial score (nSPS) is 23.6. The van der Waals surface area contributed by atoms with Crippen LogP contribution in [0.4, 0.5) is 22.0 Å². The lowest BCUT2D eigenvalue weighted by atomic mass is 9.90. The minimum atomic E-state index is -2.13. The zero-order valence-corrected chi connectivity index (χ0v) is 11.6. The predicted molar refractivity (Wildman–Crippen MR) is 67.9 cm³/mol. The zero-order chi connectivity index (χ0) is 15.7. The smallest absolute Gasteiger partial charge is 0.200 e. The average Bonchev–Trinajstić information content (AvgIpc) is 2.47. The van der Waals surface area contributed by atoms with Gasteiger partial charge in [-0.05, 0) is 25.3 Å². The lowest BCUT2D eigenvalue weighted by Gasteiger charge is -2.39. The van der Waals surface area contributed by atoms with E-state index in [-0.39, 0.29) is 25.0 Å². The van der Waals surface area contributed by atoms with Crippen molar-refractivity contribution < 1.29 is 22.0 Å². The van der Waals surface area contributed by atoms with Crippen LogP contribution in [0.15, 0.2) is 0 Å². The third-order valence-electron chi connectivity index (χ3n) is 4.13. The summed E-state index contributed by atoms with van der Waals surface area (Å²) in [5.41, 5.74) is 4.87. The molecule has 1 fully saturated rings.